The summed E-state index contributed by atoms with van der Waals surface area (Å²) in [4.78, 5) is 18.3. The SMILES string of the molecule is Cc1cc(C)c(-c2nc(N)ncc2[N+](=O)[O-])cc1C. The summed E-state index contributed by atoms with van der Waals surface area (Å²) in [5.74, 6) is 0.0261. The molecule has 2 N–H and O–H groups in total. The lowest BCUT2D eigenvalue weighted by atomic mass is 9.98. The first-order valence-corrected chi connectivity index (χ1v) is 5.75. The van der Waals surface area contributed by atoms with E-state index in [1.54, 1.807) is 0 Å². The van der Waals surface area contributed by atoms with E-state index in [0.29, 0.717) is 5.56 Å². The summed E-state index contributed by atoms with van der Waals surface area (Å²) in [6.07, 6.45) is 1.15. The third-order valence-electron chi connectivity index (χ3n) is 3.08. The van der Waals surface area contributed by atoms with E-state index in [2.05, 4.69) is 9.97 Å². The zero-order chi connectivity index (χ0) is 14.2. The smallest absolute Gasteiger partial charge is 0.313 e. The van der Waals surface area contributed by atoms with Gasteiger partial charge in [-0.2, -0.15) is 0 Å². The highest BCUT2D eigenvalue weighted by molar-refractivity contribution is 5.73. The highest BCUT2D eigenvalue weighted by Crippen LogP contribution is 2.31. The van der Waals surface area contributed by atoms with E-state index in [1.807, 2.05) is 32.9 Å². The Bertz CT molecular complexity index is 668. The predicted octanol–water partition coefficient (Wildman–Crippen LogP) is 2.56. The number of nitrogens with two attached hydrogens (primary N) is 1. The Labute approximate surface area is 110 Å². The number of aromatic nitrogens is 2. The van der Waals surface area contributed by atoms with E-state index in [1.165, 1.54) is 0 Å². The second-order valence-electron chi connectivity index (χ2n) is 4.47. The average Bonchev–Trinajstić information content (AvgIpc) is 2.33. The molecule has 2 rings (SSSR count). The first-order valence-electron chi connectivity index (χ1n) is 5.75. The number of anilines is 1. The van der Waals surface area contributed by atoms with Gasteiger partial charge in [-0.3, -0.25) is 10.1 Å². The van der Waals surface area contributed by atoms with Crippen molar-refractivity contribution in [3.05, 3.63) is 45.1 Å². The van der Waals surface area contributed by atoms with Crippen molar-refractivity contribution >= 4 is 11.6 Å². The van der Waals surface area contributed by atoms with Crippen molar-refractivity contribution in [2.75, 3.05) is 5.73 Å². The lowest BCUT2D eigenvalue weighted by Gasteiger charge is -2.09. The van der Waals surface area contributed by atoms with Crippen LogP contribution in [-0.2, 0) is 0 Å². The maximum absolute atomic E-state index is 11.1. The fourth-order valence-corrected chi connectivity index (χ4v) is 1.94. The Morgan fingerprint density at radius 1 is 1.16 bits per heavy atom. The van der Waals surface area contributed by atoms with Crippen LogP contribution in [0.5, 0.6) is 0 Å². The third-order valence-corrected chi connectivity index (χ3v) is 3.08. The van der Waals surface area contributed by atoms with Gasteiger partial charge in [-0.15, -0.1) is 0 Å². The fraction of sp³-hybridized carbons (Fsp3) is 0.231. The summed E-state index contributed by atoms with van der Waals surface area (Å²) < 4.78 is 0. The Hall–Kier alpha value is -2.50. The van der Waals surface area contributed by atoms with Gasteiger partial charge in [0.05, 0.1) is 4.92 Å². The molecule has 0 aliphatic heterocycles. The lowest BCUT2D eigenvalue weighted by molar-refractivity contribution is -0.384. The Balaban J connectivity index is 2.74. The van der Waals surface area contributed by atoms with E-state index in [9.17, 15) is 10.1 Å². The highest BCUT2D eigenvalue weighted by atomic mass is 16.6. The van der Waals surface area contributed by atoms with E-state index in [0.717, 1.165) is 22.9 Å². The molecule has 0 aliphatic rings. The number of hydrogen-bond acceptors (Lipinski definition) is 5. The van der Waals surface area contributed by atoms with Crippen LogP contribution in [-0.4, -0.2) is 14.9 Å². The van der Waals surface area contributed by atoms with Crippen molar-refractivity contribution < 1.29 is 4.92 Å². The van der Waals surface area contributed by atoms with Crippen molar-refractivity contribution in [2.24, 2.45) is 0 Å². The zero-order valence-corrected chi connectivity index (χ0v) is 11.0. The van der Waals surface area contributed by atoms with Gasteiger partial charge in [0.25, 0.3) is 0 Å². The molecule has 1 aromatic heterocycles. The fourth-order valence-electron chi connectivity index (χ4n) is 1.94. The van der Waals surface area contributed by atoms with Crippen LogP contribution < -0.4 is 5.73 Å². The van der Waals surface area contributed by atoms with Gasteiger partial charge in [0.2, 0.25) is 5.95 Å². The average molecular weight is 258 g/mol. The second kappa shape index (κ2) is 4.64. The molecule has 98 valence electrons. The molecule has 0 unspecified atom stereocenters. The summed E-state index contributed by atoms with van der Waals surface area (Å²) in [7, 11) is 0. The van der Waals surface area contributed by atoms with Crippen LogP contribution in [0, 0.1) is 30.9 Å². The summed E-state index contributed by atoms with van der Waals surface area (Å²) in [6, 6.07) is 3.87. The normalized spacial score (nSPS) is 10.5. The molecule has 0 radical (unpaired) electrons. The van der Waals surface area contributed by atoms with Crippen LogP contribution in [0.15, 0.2) is 18.3 Å². The minimum absolute atomic E-state index is 0.0261. The van der Waals surface area contributed by atoms with Gasteiger partial charge in [0.15, 0.2) is 5.69 Å². The van der Waals surface area contributed by atoms with Crippen LogP contribution in [0.4, 0.5) is 11.6 Å². The quantitative estimate of drug-likeness (QED) is 0.659. The molecule has 0 saturated heterocycles. The third kappa shape index (κ3) is 2.37. The van der Waals surface area contributed by atoms with Gasteiger partial charge in [-0.1, -0.05) is 6.07 Å². The number of hydrogen-bond donors (Lipinski definition) is 1. The van der Waals surface area contributed by atoms with Crippen LogP contribution >= 0.6 is 0 Å². The monoisotopic (exact) mass is 258 g/mol. The summed E-state index contributed by atoms with van der Waals surface area (Å²) in [5.41, 5.74) is 9.47. The van der Waals surface area contributed by atoms with Crippen molar-refractivity contribution in [1.29, 1.82) is 0 Å². The molecule has 0 bridgehead atoms. The molecule has 6 nitrogen and oxygen atoms in total. The number of nitrogens with zero attached hydrogens (tertiary/aromatic N) is 3. The predicted molar refractivity (Wildman–Crippen MR) is 72.7 cm³/mol. The van der Waals surface area contributed by atoms with Crippen LogP contribution in [0.25, 0.3) is 11.3 Å². The topological polar surface area (TPSA) is 94.9 Å². The Kier molecular flexibility index (Phi) is 3.16. The molecule has 0 saturated carbocycles. The largest absolute Gasteiger partial charge is 0.368 e. The molecule has 1 heterocycles. The van der Waals surface area contributed by atoms with Crippen molar-refractivity contribution in [3.8, 4) is 11.3 Å². The molecule has 0 aliphatic carbocycles. The van der Waals surface area contributed by atoms with Crippen LogP contribution in [0.1, 0.15) is 16.7 Å². The van der Waals surface area contributed by atoms with Gasteiger partial charge in [0.1, 0.15) is 6.20 Å². The molecule has 0 atom stereocenters. The lowest BCUT2D eigenvalue weighted by Crippen LogP contribution is -2.02. The number of benzene rings is 1. The van der Waals surface area contributed by atoms with Gasteiger partial charge in [-0.05, 0) is 43.5 Å². The minimum atomic E-state index is -0.497. The molecular formula is C13H14N4O2. The standard InChI is InChI=1S/C13H14N4O2/c1-7-4-9(3)10(5-8(7)2)12-11(17(18)19)6-15-13(14)16-12/h4-6H,1-3H3,(H2,14,15,16). The van der Waals surface area contributed by atoms with Gasteiger partial charge >= 0.3 is 5.69 Å². The number of rotatable bonds is 2. The van der Waals surface area contributed by atoms with Crippen LogP contribution in [0.2, 0.25) is 0 Å². The number of nitrogen functional groups attached to an aromatic ring is 1. The molecule has 19 heavy (non-hydrogen) atoms. The van der Waals surface area contributed by atoms with Crippen molar-refractivity contribution in [1.82, 2.24) is 9.97 Å². The summed E-state index contributed by atoms with van der Waals surface area (Å²) in [5, 5.41) is 11.1. The van der Waals surface area contributed by atoms with Crippen LogP contribution in [0.3, 0.4) is 0 Å². The first-order chi connectivity index (χ1) is 8.90. The van der Waals surface area contributed by atoms with E-state index in [4.69, 9.17) is 5.73 Å². The van der Waals surface area contributed by atoms with Crippen molar-refractivity contribution in [2.45, 2.75) is 20.8 Å². The molecule has 0 spiro atoms. The highest BCUT2D eigenvalue weighted by Gasteiger charge is 2.20. The molecule has 6 heteroatoms. The van der Waals surface area contributed by atoms with E-state index < -0.39 is 4.92 Å². The summed E-state index contributed by atoms with van der Waals surface area (Å²) >= 11 is 0. The molecular weight excluding hydrogens is 244 g/mol. The molecule has 0 fully saturated rings. The maximum Gasteiger partial charge on any atom is 0.313 e. The molecule has 1 aromatic carbocycles. The van der Waals surface area contributed by atoms with Crippen molar-refractivity contribution in [3.63, 3.8) is 0 Å². The summed E-state index contributed by atoms with van der Waals surface area (Å²) in [6.45, 7) is 5.84. The Morgan fingerprint density at radius 3 is 2.42 bits per heavy atom. The van der Waals surface area contributed by atoms with E-state index >= 15 is 0 Å². The number of aryl methyl sites for hydroxylation is 3. The number of nitro groups is 1. The Morgan fingerprint density at radius 2 is 1.79 bits per heavy atom. The molecule has 0 amide bonds. The van der Waals surface area contributed by atoms with E-state index in [-0.39, 0.29) is 17.3 Å². The first kappa shape index (κ1) is 12.9. The van der Waals surface area contributed by atoms with Gasteiger partial charge in [0, 0.05) is 5.56 Å². The maximum atomic E-state index is 11.1. The zero-order valence-electron chi connectivity index (χ0n) is 11.0. The molecule has 2 aromatic rings. The van der Waals surface area contributed by atoms with Gasteiger partial charge in [-0.25, -0.2) is 9.97 Å². The van der Waals surface area contributed by atoms with Gasteiger partial charge < -0.3 is 5.73 Å². The minimum Gasteiger partial charge on any atom is -0.368 e. The second-order valence-corrected chi connectivity index (χ2v) is 4.47.